The van der Waals surface area contributed by atoms with E-state index >= 15 is 0 Å². The van der Waals surface area contributed by atoms with E-state index in [4.69, 9.17) is 9.47 Å². The molecule has 0 aliphatic heterocycles. The van der Waals surface area contributed by atoms with Crippen LogP contribution in [0.4, 0.5) is 0 Å². The summed E-state index contributed by atoms with van der Waals surface area (Å²) in [6.07, 6.45) is 4.74. The van der Waals surface area contributed by atoms with E-state index in [1.165, 1.54) is 4.88 Å². The molecule has 0 radical (unpaired) electrons. The van der Waals surface area contributed by atoms with Gasteiger partial charge in [0.05, 0.1) is 19.6 Å². The summed E-state index contributed by atoms with van der Waals surface area (Å²) in [5, 5.41) is 11.6. The van der Waals surface area contributed by atoms with E-state index in [1.807, 2.05) is 18.2 Å². The van der Waals surface area contributed by atoms with Crippen LogP contribution in [0.25, 0.3) is 10.2 Å². The monoisotopic (exact) mass is 428 g/mol. The van der Waals surface area contributed by atoms with Gasteiger partial charge in [0.2, 0.25) is 5.91 Å². The Morgan fingerprint density at radius 3 is 2.80 bits per heavy atom. The molecule has 0 saturated carbocycles. The number of benzene rings is 1. The summed E-state index contributed by atoms with van der Waals surface area (Å²) in [6, 6.07) is 5.65. The van der Waals surface area contributed by atoms with Crippen molar-refractivity contribution in [3.63, 3.8) is 0 Å². The second-order valence-corrected chi connectivity index (χ2v) is 8.32. The molecule has 0 atom stereocenters. The number of ether oxygens (including phenoxy) is 2. The van der Waals surface area contributed by atoms with Crippen molar-refractivity contribution in [3.05, 3.63) is 44.6 Å². The lowest BCUT2D eigenvalue weighted by atomic mass is 9.97. The zero-order chi connectivity index (χ0) is 21.1. The number of fused-ring (bicyclic) bond motifs is 3. The van der Waals surface area contributed by atoms with Gasteiger partial charge in [0.25, 0.3) is 5.56 Å². The average molecular weight is 429 g/mol. The Bertz CT molecular complexity index is 1140. The first-order valence-electron chi connectivity index (χ1n) is 9.96. The summed E-state index contributed by atoms with van der Waals surface area (Å²) in [7, 11) is 3.18. The third kappa shape index (κ3) is 4.02. The SMILES string of the molecule is COc1ccc(CCNC(=O)Cn2nnc3sc4c(c3c2=O)CCCC4)cc1OC. The Morgan fingerprint density at radius 2 is 2.00 bits per heavy atom. The van der Waals surface area contributed by atoms with Gasteiger partial charge in [0.15, 0.2) is 16.3 Å². The molecule has 8 nitrogen and oxygen atoms in total. The summed E-state index contributed by atoms with van der Waals surface area (Å²) in [5.74, 6) is 1.04. The van der Waals surface area contributed by atoms with E-state index in [2.05, 4.69) is 15.6 Å². The molecule has 1 N–H and O–H groups in total. The fourth-order valence-electron chi connectivity index (χ4n) is 3.78. The largest absolute Gasteiger partial charge is 0.493 e. The van der Waals surface area contributed by atoms with Crippen molar-refractivity contribution in [3.8, 4) is 11.5 Å². The fraction of sp³-hybridized carbons (Fsp3) is 0.429. The van der Waals surface area contributed by atoms with Crippen molar-refractivity contribution in [2.24, 2.45) is 0 Å². The predicted octanol–water partition coefficient (Wildman–Crippen LogP) is 2.11. The maximum Gasteiger partial charge on any atom is 0.279 e. The summed E-state index contributed by atoms with van der Waals surface area (Å²) < 4.78 is 11.7. The van der Waals surface area contributed by atoms with Gasteiger partial charge < -0.3 is 14.8 Å². The first-order chi connectivity index (χ1) is 14.6. The number of methoxy groups -OCH3 is 2. The van der Waals surface area contributed by atoms with Crippen molar-refractivity contribution in [2.75, 3.05) is 20.8 Å². The van der Waals surface area contributed by atoms with Crippen LogP contribution in [-0.2, 0) is 30.6 Å². The number of amides is 1. The van der Waals surface area contributed by atoms with Crippen LogP contribution < -0.4 is 20.3 Å². The minimum atomic E-state index is -0.268. The number of aromatic nitrogens is 3. The minimum absolute atomic E-state index is 0.141. The lowest BCUT2D eigenvalue weighted by molar-refractivity contribution is -0.121. The van der Waals surface area contributed by atoms with Gasteiger partial charge in [-0.05, 0) is 55.4 Å². The zero-order valence-electron chi connectivity index (χ0n) is 17.1. The van der Waals surface area contributed by atoms with Crippen molar-refractivity contribution in [1.29, 1.82) is 0 Å². The van der Waals surface area contributed by atoms with E-state index in [1.54, 1.807) is 25.6 Å². The Balaban J connectivity index is 1.40. The molecule has 0 spiro atoms. The van der Waals surface area contributed by atoms with Gasteiger partial charge in [0, 0.05) is 11.4 Å². The van der Waals surface area contributed by atoms with Gasteiger partial charge in [-0.25, -0.2) is 4.68 Å². The van der Waals surface area contributed by atoms with Crippen LogP contribution in [0, 0.1) is 0 Å². The van der Waals surface area contributed by atoms with Crippen LogP contribution in [0.15, 0.2) is 23.0 Å². The Hall–Kier alpha value is -2.94. The molecular formula is C21H24N4O4S. The number of rotatable bonds is 7. The maximum absolute atomic E-state index is 12.9. The second-order valence-electron chi connectivity index (χ2n) is 7.23. The Morgan fingerprint density at radius 1 is 1.20 bits per heavy atom. The van der Waals surface area contributed by atoms with Gasteiger partial charge in [-0.2, -0.15) is 0 Å². The second kappa shape index (κ2) is 8.83. The molecule has 2 heterocycles. The number of thiophene rings is 1. The number of hydrogen-bond acceptors (Lipinski definition) is 7. The average Bonchev–Trinajstić information content (AvgIpc) is 3.15. The van der Waals surface area contributed by atoms with Crippen LogP contribution in [0.5, 0.6) is 11.5 Å². The van der Waals surface area contributed by atoms with E-state index < -0.39 is 0 Å². The molecule has 9 heteroatoms. The van der Waals surface area contributed by atoms with Crippen LogP contribution >= 0.6 is 11.3 Å². The highest BCUT2D eigenvalue weighted by Crippen LogP contribution is 2.33. The fourth-order valence-corrected chi connectivity index (χ4v) is 4.98. The molecule has 30 heavy (non-hydrogen) atoms. The molecule has 1 aromatic carbocycles. The smallest absolute Gasteiger partial charge is 0.279 e. The van der Waals surface area contributed by atoms with Crippen LogP contribution in [0.1, 0.15) is 28.8 Å². The number of nitrogens with one attached hydrogen (secondary N) is 1. The predicted molar refractivity (Wildman–Crippen MR) is 115 cm³/mol. The lowest BCUT2D eigenvalue weighted by Gasteiger charge is -2.11. The van der Waals surface area contributed by atoms with E-state index in [9.17, 15) is 9.59 Å². The third-order valence-electron chi connectivity index (χ3n) is 5.32. The molecule has 4 rings (SSSR count). The maximum atomic E-state index is 12.9. The van der Waals surface area contributed by atoms with Crippen molar-refractivity contribution >= 4 is 27.5 Å². The minimum Gasteiger partial charge on any atom is -0.493 e. The molecule has 2 aromatic heterocycles. The molecule has 0 unspecified atom stereocenters. The molecule has 158 valence electrons. The van der Waals surface area contributed by atoms with E-state index in [-0.39, 0.29) is 18.0 Å². The summed E-state index contributed by atoms with van der Waals surface area (Å²) in [4.78, 5) is 27.2. The van der Waals surface area contributed by atoms with Gasteiger partial charge in [-0.1, -0.05) is 11.3 Å². The van der Waals surface area contributed by atoms with E-state index in [0.29, 0.717) is 34.7 Å². The number of nitrogens with zero attached hydrogens (tertiary/aromatic N) is 3. The van der Waals surface area contributed by atoms with Crippen molar-refractivity contribution < 1.29 is 14.3 Å². The topological polar surface area (TPSA) is 95.3 Å². The number of carbonyl (C=O) groups excluding carboxylic acids is 1. The number of carbonyl (C=O) groups is 1. The highest BCUT2D eigenvalue weighted by Gasteiger charge is 2.21. The highest BCUT2D eigenvalue weighted by molar-refractivity contribution is 7.18. The quantitative estimate of drug-likeness (QED) is 0.619. The van der Waals surface area contributed by atoms with Crippen molar-refractivity contribution in [2.45, 2.75) is 38.6 Å². The standard InChI is InChI=1S/C21H24N4O4S/c1-28-15-8-7-13(11-16(15)29-2)9-10-22-18(26)12-25-21(27)19-14-5-3-4-6-17(14)30-20(19)23-24-25/h7-8,11H,3-6,9-10,12H2,1-2H3,(H,22,26). The number of aryl methyl sites for hydroxylation is 2. The molecule has 0 fully saturated rings. The molecule has 1 aliphatic carbocycles. The molecule has 3 aromatic rings. The lowest BCUT2D eigenvalue weighted by Crippen LogP contribution is -2.35. The van der Waals surface area contributed by atoms with Crippen LogP contribution in [0.2, 0.25) is 0 Å². The van der Waals surface area contributed by atoms with Crippen LogP contribution in [-0.4, -0.2) is 41.7 Å². The van der Waals surface area contributed by atoms with Gasteiger partial charge in [-0.15, -0.1) is 16.4 Å². The van der Waals surface area contributed by atoms with Gasteiger partial charge >= 0.3 is 0 Å². The first kappa shape index (κ1) is 20.3. The summed E-state index contributed by atoms with van der Waals surface area (Å²) in [5.41, 5.74) is 1.88. The van der Waals surface area contributed by atoms with E-state index in [0.717, 1.165) is 41.5 Å². The zero-order valence-corrected chi connectivity index (χ0v) is 17.9. The van der Waals surface area contributed by atoms with Gasteiger partial charge in [-0.3, -0.25) is 9.59 Å². The Kier molecular flexibility index (Phi) is 5.98. The molecular weight excluding hydrogens is 404 g/mol. The molecule has 0 bridgehead atoms. The summed E-state index contributed by atoms with van der Waals surface area (Å²) >= 11 is 1.55. The third-order valence-corrected chi connectivity index (χ3v) is 6.50. The first-order valence-corrected chi connectivity index (χ1v) is 10.8. The van der Waals surface area contributed by atoms with Crippen LogP contribution in [0.3, 0.4) is 0 Å². The van der Waals surface area contributed by atoms with Gasteiger partial charge in [0.1, 0.15) is 6.54 Å². The highest BCUT2D eigenvalue weighted by atomic mass is 32.1. The number of hydrogen-bond donors (Lipinski definition) is 1. The molecule has 0 saturated heterocycles. The van der Waals surface area contributed by atoms with Crippen molar-refractivity contribution in [1.82, 2.24) is 20.3 Å². The summed E-state index contributed by atoms with van der Waals surface area (Å²) in [6.45, 7) is 0.297. The normalized spacial score (nSPS) is 13.1. The Labute approximate surface area is 177 Å². The molecule has 1 aliphatic rings. The molecule has 1 amide bonds.